The van der Waals surface area contributed by atoms with Gasteiger partial charge in [-0.15, -0.1) is 0 Å². The Morgan fingerprint density at radius 3 is 2.54 bits per heavy atom. The predicted molar refractivity (Wildman–Crippen MR) is 48.1 cm³/mol. The van der Waals surface area contributed by atoms with Gasteiger partial charge in [-0.2, -0.15) is 0 Å². The average Bonchev–Trinajstić information content (AvgIpc) is 2.39. The fourth-order valence-electron chi connectivity index (χ4n) is 2.54. The summed E-state index contributed by atoms with van der Waals surface area (Å²) in [6, 6.07) is 0.507. The zero-order valence-electron chi connectivity index (χ0n) is 7.81. The summed E-state index contributed by atoms with van der Waals surface area (Å²) in [5, 5.41) is 0. The zero-order valence-corrected chi connectivity index (χ0v) is 7.81. The van der Waals surface area contributed by atoms with Gasteiger partial charge in [0, 0.05) is 32.5 Å². The van der Waals surface area contributed by atoms with Crippen LogP contribution in [-0.2, 0) is 0 Å². The van der Waals surface area contributed by atoms with Gasteiger partial charge >= 0.3 is 7.27 Å². The topological polar surface area (TPSA) is 7.68 Å². The number of halogens is 2. The lowest BCUT2D eigenvalue weighted by molar-refractivity contribution is -0.913. The fraction of sp³-hybridized carbons (Fsp3) is 1.00. The van der Waals surface area contributed by atoms with Crippen LogP contribution in [0.4, 0.5) is 8.63 Å². The van der Waals surface area contributed by atoms with E-state index in [1.807, 2.05) is 0 Å². The highest BCUT2D eigenvalue weighted by atomic mass is 19.2. The Kier molecular flexibility index (Phi) is 2.84. The van der Waals surface area contributed by atoms with Crippen LogP contribution in [0.2, 0.25) is 0 Å². The second-order valence-corrected chi connectivity index (χ2v) is 4.12. The first kappa shape index (κ1) is 9.40. The molecule has 0 aromatic heterocycles. The molecular weight excluding hydrogens is 173 g/mol. The standard InChI is InChI=1S/C8H15BF2N2/c10-9(11)7-13-6-5-12-3-1-8(13)2-4-12/h8H,1-7H2/p+1. The molecule has 13 heavy (non-hydrogen) atoms. The van der Waals surface area contributed by atoms with Crippen LogP contribution in [-0.4, -0.2) is 50.8 Å². The first-order chi connectivity index (χ1) is 6.25. The van der Waals surface area contributed by atoms with Gasteiger partial charge in [0.25, 0.3) is 0 Å². The normalized spacial score (nSPS) is 38.8. The lowest BCUT2D eigenvalue weighted by Gasteiger charge is -2.27. The summed E-state index contributed by atoms with van der Waals surface area (Å²) in [7, 11) is -2.14. The maximum Gasteiger partial charge on any atom is 0.592 e. The Bertz CT molecular complexity index is 172. The molecule has 5 heteroatoms. The highest BCUT2D eigenvalue weighted by Crippen LogP contribution is 2.09. The summed E-state index contributed by atoms with van der Waals surface area (Å²) in [5.41, 5.74) is 0. The molecule has 0 amide bonds. The predicted octanol–water partition coefficient (Wildman–Crippen LogP) is -0.684. The van der Waals surface area contributed by atoms with Gasteiger partial charge in [0.15, 0.2) is 0 Å². The Morgan fingerprint density at radius 2 is 1.92 bits per heavy atom. The van der Waals surface area contributed by atoms with E-state index >= 15 is 0 Å². The molecule has 74 valence electrons. The highest BCUT2D eigenvalue weighted by molar-refractivity contribution is 6.42. The van der Waals surface area contributed by atoms with E-state index in [9.17, 15) is 8.63 Å². The second-order valence-electron chi connectivity index (χ2n) is 4.12. The Labute approximate surface area is 78.1 Å². The summed E-state index contributed by atoms with van der Waals surface area (Å²) in [6.45, 7) is 4.17. The molecule has 3 heterocycles. The smallest absolute Gasteiger partial charge is 0.333 e. The molecule has 2 nitrogen and oxygen atoms in total. The van der Waals surface area contributed by atoms with Crippen LogP contribution in [0.1, 0.15) is 12.8 Å². The molecule has 2 bridgehead atoms. The van der Waals surface area contributed by atoms with Crippen molar-refractivity contribution >= 4 is 7.27 Å². The third kappa shape index (κ3) is 2.20. The summed E-state index contributed by atoms with van der Waals surface area (Å²) in [4.78, 5) is 3.53. The number of hydrogen-bond donors (Lipinski definition) is 1. The third-order valence-corrected chi connectivity index (χ3v) is 3.33. The lowest BCUT2D eigenvalue weighted by atomic mass is 9.95. The van der Waals surface area contributed by atoms with Gasteiger partial charge < -0.3 is 4.90 Å². The van der Waals surface area contributed by atoms with Crippen LogP contribution >= 0.6 is 0 Å². The Morgan fingerprint density at radius 1 is 1.23 bits per heavy atom. The van der Waals surface area contributed by atoms with Crippen LogP contribution in [0, 0.1) is 0 Å². The maximum absolute atomic E-state index is 12.2. The first-order valence-electron chi connectivity index (χ1n) is 5.11. The summed E-state index contributed by atoms with van der Waals surface area (Å²) < 4.78 is 24.5. The van der Waals surface area contributed by atoms with Crippen LogP contribution < -0.4 is 4.90 Å². The summed E-state index contributed by atoms with van der Waals surface area (Å²) in [5.74, 6) is 0. The molecule has 1 unspecified atom stereocenters. The number of piperidine rings is 1. The Balaban J connectivity index is 1.95. The minimum absolute atomic E-state index is 0.0541. The van der Waals surface area contributed by atoms with E-state index in [4.69, 9.17) is 0 Å². The van der Waals surface area contributed by atoms with Crippen molar-refractivity contribution in [2.45, 2.75) is 18.9 Å². The van der Waals surface area contributed by atoms with E-state index in [0.29, 0.717) is 6.04 Å². The fourth-order valence-corrected chi connectivity index (χ4v) is 2.54. The molecule has 3 fully saturated rings. The van der Waals surface area contributed by atoms with Crippen molar-refractivity contribution in [1.82, 2.24) is 4.90 Å². The minimum atomic E-state index is -2.14. The van der Waals surface area contributed by atoms with Crippen LogP contribution in [0.15, 0.2) is 0 Å². The van der Waals surface area contributed by atoms with Gasteiger partial charge in [-0.05, 0) is 0 Å². The summed E-state index contributed by atoms with van der Waals surface area (Å²) in [6.07, 6.45) is 2.28. The molecule has 0 aromatic carbocycles. The number of hydrogen-bond acceptors (Lipinski definition) is 1. The molecule has 3 saturated heterocycles. The van der Waals surface area contributed by atoms with Gasteiger partial charge in [0.05, 0.1) is 12.6 Å². The molecule has 0 saturated carbocycles. The van der Waals surface area contributed by atoms with E-state index < -0.39 is 7.27 Å². The lowest BCUT2D eigenvalue weighted by Crippen LogP contribution is -3.17. The maximum atomic E-state index is 12.2. The average molecular weight is 189 g/mol. The SMILES string of the molecule is FB(F)C[NH+]1CCN2CCC1CC2. The van der Waals surface area contributed by atoms with Crippen LogP contribution in [0.3, 0.4) is 0 Å². The Hall–Kier alpha value is -0.155. The quantitative estimate of drug-likeness (QED) is 0.565. The molecule has 0 spiro atoms. The van der Waals surface area contributed by atoms with E-state index in [2.05, 4.69) is 4.90 Å². The molecule has 1 N–H and O–H groups in total. The molecular formula is C8H16BF2N2+. The van der Waals surface area contributed by atoms with Gasteiger partial charge in [0.2, 0.25) is 0 Å². The zero-order chi connectivity index (χ0) is 9.26. The van der Waals surface area contributed by atoms with Gasteiger partial charge in [0.1, 0.15) is 6.44 Å². The molecule has 1 atom stereocenters. The van der Waals surface area contributed by atoms with E-state index in [1.54, 1.807) is 0 Å². The monoisotopic (exact) mass is 189 g/mol. The minimum Gasteiger partial charge on any atom is -0.333 e. The largest absolute Gasteiger partial charge is 0.592 e. The van der Waals surface area contributed by atoms with E-state index in [-0.39, 0.29) is 6.44 Å². The van der Waals surface area contributed by atoms with Crippen molar-refractivity contribution in [3.63, 3.8) is 0 Å². The number of nitrogens with one attached hydrogen (secondary N) is 1. The molecule has 3 aliphatic heterocycles. The van der Waals surface area contributed by atoms with Crippen molar-refractivity contribution in [2.24, 2.45) is 0 Å². The molecule has 0 radical (unpaired) electrons. The number of nitrogens with zero attached hydrogens (tertiary/aromatic N) is 1. The summed E-state index contributed by atoms with van der Waals surface area (Å²) >= 11 is 0. The second kappa shape index (κ2) is 3.92. The third-order valence-electron chi connectivity index (χ3n) is 3.33. The van der Waals surface area contributed by atoms with Crippen LogP contribution in [0.25, 0.3) is 0 Å². The molecule has 0 aromatic rings. The number of rotatable bonds is 2. The number of quaternary nitrogens is 1. The van der Waals surface area contributed by atoms with Gasteiger partial charge in [-0.1, -0.05) is 0 Å². The molecule has 0 aliphatic carbocycles. The number of fused-ring (bicyclic) bond motifs is 4. The molecule has 3 aliphatic rings. The van der Waals surface area contributed by atoms with Crippen molar-refractivity contribution in [2.75, 3.05) is 32.6 Å². The highest BCUT2D eigenvalue weighted by Gasteiger charge is 2.35. The first-order valence-corrected chi connectivity index (χ1v) is 5.11. The van der Waals surface area contributed by atoms with Crippen molar-refractivity contribution < 1.29 is 13.5 Å². The van der Waals surface area contributed by atoms with E-state index in [1.165, 1.54) is 0 Å². The van der Waals surface area contributed by atoms with Gasteiger partial charge in [-0.3, -0.25) is 13.5 Å². The van der Waals surface area contributed by atoms with Crippen LogP contribution in [0.5, 0.6) is 0 Å². The van der Waals surface area contributed by atoms with Crippen molar-refractivity contribution in [3.8, 4) is 0 Å². The van der Waals surface area contributed by atoms with Crippen molar-refractivity contribution in [3.05, 3.63) is 0 Å². The molecule has 3 rings (SSSR count). The van der Waals surface area contributed by atoms with Gasteiger partial charge in [-0.25, -0.2) is 0 Å². The van der Waals surface area contributed by atoms with Crippen molar-refractivity contribution in [1.29, 1.82) is 0 Å². The van der Waals surface area contributed by atoms with E-state index in [0.717, 1.165) is 43.9 Å².